The van der Waals surface area contributed by atoms with Crippen molar-refractivity contribution in [3.8, 4) is 0 Å². The van der Waals surface area contributed by atoms with E-state index in [1.165, 1.54) is 23.1 Å². The number of fused-ring (bicyclic) bond motifs is 1. The number of carboxylic acids is 1. The molecule has 2 atom stereocenters. The fourth-order valence-corrected chi connectivity index (χ4v) is 4.89. The van der Waals surface area contributed by atoms with E-state index in [2.05, 4.69) is 16.0 Å². The molecule has 208 valence electrons. The number of hydrogen-bond acceptors (Lipinski definition) is 4. The molecule has 4 N–H and O–H groups in total. The molecule has 40 heavy (non-hydrogen) atoms. The normalized spacial score (nSPS) is 16.9. The predicted molar refractivity (Wildman–Crippen MR) is 154 cm³/mol. The average Bonchev–Trinajstić information content (AvgIpc) is 2.98. The van der Waals surface area contributed by atoms with Crippen molar-refractivity contribution in [3.05, 3.63) is 95.1 Å². The first-order valence-electron chi connectivity index (χ1n) is 13.1. The number of carboxylic acid groups (broad SMARTS) is 1. The number of anilines is 2. The highest BCUT2D eigenvalue weighted by atomic mass is 16.4. The van der Waals surface area contributed by atoms with Crippen molar-refractivity contribution in [2.24, 2.45) is 0 Å². The molecule has 4 rings (SSSR count). The van der Waals surface area contributed by atoms with Gasteiger partial charge in [0.15, 0.2) is 0 Å². The number of benzene rings is 3. The molecule has 1 heterocycles. The Morgan fingerprint density at radius 1 is 0.975 bits per heavy atom. The number of nitrogens with zero attached hydrogens (tertiary/aromatic N) is 1. The standard InChI is InChI=1S/C31H34N4O5/c1-19-13-14-23-24(20-9-6-5-7-10-20)17-25(33-30(40)32-22-12-8-11-21(16-22)29(38)39)28(37)35(26(23)15-19)18-27(36)34-31(2,3)4/h5-16,24-25H,17-18H2,1-4H3,(H,34,36)(H,38,39)(H2,32,33,40)/t24-,25-/m1/s1. The van der Waals surface area contributed by atoms with E-state index in [1.54, 1.807) is 6.07 Å². The molecule has 0 fully saturated rings. The molecular weight excluding hydrogens is 508 g/mol. The second-order valence-electron chi connectivity index (χ2n) is 11.0. The number of hydrogen-bond donors (Lipinski definition) is 4. The smallest absolute Gasteiger partial charge is 0.335 e. The fourth-order valence-electron chi connectivity index (χ4n) is 4.89. The molecule has 1 aliphatic heterocycles. The van der Waals surface area contributed by atoms with Crippen LogP contribution in [-0.2, 0) is 9.59 Å². The van der Waals surface area contributed by atoms with E-state index >= 15 is 0 Å². The van der Waals surface area contributed by atoms with Gasteiger partial charge in [-0.25, -0.2) is 9.59 Å². The Morgan fingerprint density at radius 2 is 1.70 bits per heavy atom. The van der Waals surface area contributed by atoms with Gasteiger partial charge in [0.05, 0.1) is 5.56 Å². The monoisotopic (exact) mass is 542 g/mol. The van der Waals surface area contributed by atoms with Gasteiger partial charge in [-0.3, -0.25) is 9.59 Å². The van der Waals surface area contributed by atoms with E-state index in [-0.39, 0.29) is 36.0 Å². The van der Waals surface area contributed by atoms with Crippen molar-refractivity contribution < 1.29 is 24.3 Å². The van der Waals surface area contributed by atoms with Gasteiger partial charge in [0.25, 0.3) is 0 Å². The predicted octanol–water partition coefficient (Wildman–Crippen LogP) is 4.67. The fraction of sp³-hybridized carbons (Fsp3) is 0.290. The number of rotatable bonds is 6. The van der Waals surface area contributed by atoms with Crippen molar-refractivity contribution in [2.45, 2.75) is 51.6 Å². The second-order valence-corrected chi connectivity index (χ2v) is 11.0. The van der Waals surface area contributed by atoms with Gasteiger partial charge in [0.2, 0.25) is 11.8 Å². The van der Waals surface area contributed by atoms with Crippen LogP contribution in [0.25, 0.3) is 0 Å². The van der Waals surface area contributed by atoms with Crippen LogP contribution < -0.4 is 20.9 Å². The summed E-state index contributed by atoms with van der Waals surface area (Å²) in [4.78, 5) is 53.0. The van der Waals surface area contributed by atoms with Crippen LogP contribution in [0.4, 0.5) is 16.2 Å². The molecular formula is C31H34N4O5. The van der Waals surface area contributed by atoms with Gasteiger partial charge < -0.3 is 26.0 Å². The topological polar surface area (TPSA) is 128 Å². The minimum absolute atomic E-state index is 0.0225. The maximum atomic E-state index is 14.1. The Labute approximate surface area is 233 Å². The number of nitrogens with one attached hydrogen (secondary N) is 3. The van der Waals surface area contributed by atoms with E-state index in [0.29, 0.717) is 5.69 Å². The lowest BCUT2D eigenvalue weighted by molar-refractivity contribution is -0.125. The van der Waals surface area contributed by atoms with Crippen LogP contribution in [0.5, 0.6) is 0 Å². The quantitative estimate of drug-likeness (QED) is 0.360. The minimum Gasteiger partial charge on any atom is -0.478 e. The molecule has 1 aliphatic rings. The zero-order valence-corrected chi connectivity index (χ0v) is 23.0. The Balaban J connectivity index is 1.70. The van der Waals surface area contributed by atoms with Crippen LogP contribution in [-0.4, -0.2) is 47.0 Å². The number of aromatic carboxylic acids is 1. The summed E-state index contributed by atoms with van der Waals surface area (Å²) in [7, 11) is 0. The van der Waals surface area contributed by atoms with Gasteiger partial charge in [-0.2, -0.15) is 0 Å². The maximum Gasteiger partial charge on any atom is 0.335 e. The molecule has 0 spiro atoms. The lowest BCUT2D eigenvalue weighted by Gasteiger charge is -2.28. The van der Waals surface area contributed by atoms with Gasteiger partial charge in [-0.05, 0) is 75.1 Å². The first-order valence-corrected chi connectivity index (χ1v) is 13.1. The lowest BCUT2D eigenvalue weighted by Crippen LogP contribution is -2.53. The molecule has 4 amide bonds. The Morgan fingerprint density at radius 3 is 2.38 bits per heavy atom. The van der Waals surface area contributed by atoms with Crippen LogP contribution in [0.3, 0.4) is 0 Å². The summed E-state index contributed by atoms with van der Waals surface area (Å²) in [5.41, 5.74) is 3.22. The highest BCUT2D eigenvalue weighted by Gasteiger charge is 2.37. The highest BCUT2D eigenvalue weighted by Crippen LogP contribution is 2.39. The molecule has 3 aromatic carbocycles. The number of aryl methyl sites for hydroxylation is 1. The molecule has 0 saturated carbocycles. The Hall–Kier alpha value is -4.66. The van der Waals surface area contributed by atoms with Gasteiger partial charge in [-0.1, -0.05) is 48.5 Å². The largest absolute Gasteiger partial charge is 0.478 e. The molecule has 0 radical (unpaired) electrons. The summed E-state index contributed by atoms with van der Waals surface area (Å²) >= 11 is 0. The van der Waals surface area contributed by atoms with Crippen LogP contribution in [0, 0.1) is 6.92 Å². The third-order valence-electron chi connectivity index (χ3n) is 6.58. The van der Waals surface area contributed by atoms with Crippen molar-refractivity contribution in [1.29, 1.82) is 0 Å². The summed E-state index contributed by atoms with van der Waals surface area (Å²) < 4.78 is 0. The summed E-state index contributed by atoms with van der Waals surface area (Å²) in [5, 5.41) is 17.6. The van der Waals surface area contributed by atoms with Crippen molar-refractivity contribution in [2.75, 3.05) is 16.8 Å². The first-order chi connectivity index (χ1) is 18.9. The Bertz CT molecular complexity index is 1430. The van der Waals surface area contributed by atoms with Crippen molar-refractivity contribution in [3.63, 3.8) is 0 Å². The van der Waals surface area contributed by atoms with Gasteiger partial charge >= 0.3 is 12.0 Å². The second kappa shape index (κ2) is 11.6. The molecule has 9 heteroatoms. The molecule has 0 saturated heterocycles. The summed E-state index contributed by atoms with van der Waals surface area (Å²) in [5.74, 6) is -2.09. The summed E-state index contributed by atoms with van der Waals surface area (Å²) in [6, 6.07) is 19.8. The number of carbonyl (C=O) groups is 4. The summed E-state index contributed by atoms with van der Waals surface area (Å²) in [6.45, 7) is 7.32. The van der Waals surface area contributed by atoms with E-state index in [4.69, 9.17) is 0 Å². The van der Waals surface area contributed by atoms with E-state index in [9.17, 15) is 24.3 Å². The first kappa shape index (κ1) is 28.4. The zero-order valence-electron chi connectivity index (χ0n) is 23.0. The van der Waals surface area contributed by atoms with Gasteiger partial charge in [0.1, 0.15) is 12.6 Å². The van der Waals surface area contributed by atoms with E-state index in [0.717, 1.165) is 16.7 Å². The molecule has 3 aromatic rings. The summed E-state index contributed by atoms with van der Waals surface area (Å²) in [6.07, 6.45) is 0.263. The van der Waals surface area contributed by atoms with Gasteiger partial charge in [-0.15, -0.1) is 0 Å². The minimum atomic E-state index is -1.12. The van der Waals surface area contributed by atoms with Crippen LogP contribution in [0.15, 0.2) is 72.8 Å². The number of urea groups is 1. The van der Waals surface area contributed by atoms with E-state index in [1.807, 2.05) is 76.2 Å². The lowest BCUT2D eigenvalue weighted by atomic mass is 9.85. The molecule has 0 unspecified atom stereocenters. The van der Waals surface area contributed by atoms with Crippen LogP contribution in [0.2, 0.25) is 0 Å². The van der Waals surface area contributed by atoms with Crippen LogP contribution >= 0.6 is 0 Å². The van der Waals surface area contributed by atoms with Crippen molar-refractivity contribution in [1.82, 2.24) is 10.6 Å². The SMILES string of the molecule is Cc1ccc2c(c1)N(CC(=O)NC(C)(C)C)C(=O)[C@H](NC(=O)Nc1cccc(C(=O)O)c1)C[C@@H]2c1ccccc1. The third-order valence-corrected chi connectivity index (χ3v) is 6.58. The van der Waals surface area contributed by atoms with Crippen molar-refractivity contribution >= 4 is 35.2 Å². The molecule has 9 nitrogen and oxygen atoms in total. The van der Waals surface area contributed by atoms with Gasteiger partial charge in [0, 0.05) is 22.8 Å². The van der Waals surface area contributed by atoms with Crippen LogP contribution in [0.1, 0.15) is 60.2 Å². The maximum absolute atomic E-state index is 14.1. The molecule has 0 aromatic heterocycles. The number of carbonyl (C=O) groups excluding carboxylic acids is 3. The molecule has 0 bridgehead atoms. The zero-order chi connectivity index (χ0) is 29.0. The molecule has 0 aliphatic carbocycles. The van der Waals surface area contributed by atoms with E-state index < -0.39 is 29.5 Å². The third kappa shape index (κ3) is 6.85. The Kier molecular flexibility index (Phi) is 8.23. The average molecular weight is 543 g/mol. The number of amides is 4. The highest BCUT2D eigenvalue weighted by molar-refractivity contribution is 6.05.